The number of nitrogens with zero attached hydrogens (tertiary/aromatic N) is 5. The second kappa shape index (κ2) is 12.1. The second-order valence-corrected chi connectivity index (χ2v) is 11.6. The van der Waals surface area contributed by atoms with Gasteiger partial charge in [-0.3, -0.25) is 9.58 Å². The van der Waals surface area contributed by atoms with E-state index in [0.29, 0.717) is 5.56 Å². The standard InChI is InChI=1S/C29H29F5N6O2S/c1-18-8-4-5-9-22(18)25-24(28(30,31)29(32,33)34)26(37-27(36-25)38-43(41)21-16-35-40(3)17-21)42-20-13-11-19(12-14-20)23-10-6-7-15-39(23)2/h4-5,8-9,11-14,16-17,23H,6-7,10,15H2,1-3H3,(H,36,37,38). The third-order valence-corrected chi connectivity index (χ3v) is 8.28. The van der Waals surface area contributed by atoms with Gasteiger partial charge in [0.2, 0.25) is 10.8 Å². The van der Waals surface area contributed by atoms with Crippen molar-refractivity contribution in [3.8, 4) is 22.9 Å². The summed E-state index contributed by atoms with van der Waals surface area (Å²) in [5.74, 6) is -6.90. The molecule has 1 aliphatic rings. The van der Waals surface area contributed by atoms with Gasteiger partial charge in [-0.2, -0.15) is 36.8 Å². The topological polar surface area (TPSA) is 91.2 Å². The summed E-state index contributed by atoms with van der Waals surface area (Å²) in [6.07, 6.45) is -0.159. The van der Waals surface area contributed by atoms with Gasteiger partial charge < -0.3 is 9.29 Å². The Morgan fingerprint density at radius 1 is 1.00 bits per heavy atom. The molecule has 43 heavy (non-hydrogen) atoms. The molecule has 2 aromatic heterocycles. The number of anilines is 1. The van der Waals surface area contributed by atoms with Gasteiger partial charge in [-0.25, -0.2) is 4.98 Å². The molecule has 1 aliphatic heterocycles. The first-order valence-corrected chi connectivity index (χ1v) is 14.6. The fourth-order valence-corrected chi connectivity index (χ4v) is 5.79. The van der Waals surface area contributed by atoms with Crippen molar-refractivity contribution >= 4 is 17.3 Å². The summed E-state index contributed by atoms with van der Waals surface area (Å²) in [4.78, 5) is 10.4. The molecule has 2 atom stereocenters. The number of nitrogens with one attached hydrogen (secondary N) is 1. The number of ether oxygens (including phenoxy) is 1. The molecule has 0 bridgehead atoms. The van der Waals surface area contributed by atoms with Crippen LogP contribution >= 0.6 is 0 Å². The Labute approximate surface area is 248 Å². The van der Waals surface area contributed by atoms with Crippen LogP contribution in [-0.4, -0.2) is 49.0 Å². The molecule has 14 heteroatoms. The second-order valence-electron chi connectivity index (χ2n) is 10.3. The molecule has 8 nitrogen and oxygen atoms in total. The Morgan fingerprint density at radius 3 is 2.35 bits per heavy atom. The number of piperidine rings is 1. The van der Waals surface area contributed by atoms with Gasteiger partial charge in [0, 0.05) is 18.7 Å². The van der Waals surface area contributed by atoms with E-state index in [1.807, 2.05) is 7.05 Å². The van der Waals surface area contributed by atoms with Crippen LogP contribution in [0.15, 0.2) is 65.8 Å². The summed E-state index contributed by atoms with van der Waals surface area (Å²) in [6.45, 7) is 2.48. The quantitative estimate of drug-likeness (QED) is 0.169. The molecule has 1 N–H and O–H groups in total. The Kier molecular flexibility index (Phi) is 8.63. The predicted octanol–water partition coefficient (Wildman–Crippen LogP) is 6.92. The van der Waals surface area contributed by atoms with Crippen molar-refractivity contribution < 1.29 is 31.2 Å². The van der Waals surface area contributed by atoms with Crippen molar-refractivity contribution in [3.05, 3.63) is 77.6 Å². The first-order chi connectivity index (χ1) is 20.3. The molecule has 2 unspecified atom stereocenters. The van der Waals surface area contributed by atoms with Crippen LogP contribution in [0.1, 0.15) is 42.0 Å². The van der Waals surface area contributed by atoms with E-state index in [9.17, 15) is 17.7 Å². The van der Waals surface area contributed by atoms with E-state index in [1.165, 1.54) is 41.3 Å². The maximum absolute atomic E-state index is 15.3. The van der Waals surface area contributed by atoms with E-state index in [-0.39, 0.29) is 22.3 Å². The summed E-state index contributed by atoms with van der Waals surface area (Å²) in [7, 11) is 3.61. The van der Waals surface area contributed by atoms with Gasteiger partial charge >= 0.3 is 12.1 Å². The summed E-state index contributed by atoms with van der Waals surface area (Å²) in [5.41, 5.74) is -0.918. The van der Waals surface area contributed by atoms with Crippen molar-refractivity contribution in [2.45, 2.75) is 49.2 Å². The number of halogens is 5. The molecule has 0 amide bonds. The molecule has 0 radical (unpaired) electrons. The van der Waals surface area contributed by atoms with Crippen LogP contribution < -0.4 is 9.46 Å². The Morgan fingerprint density at radius 2 is 1.72 bits per heavy atom. The molecule has 228 valence electrons. The first kappa shape index (κ1) is 30.7. The Bertz CT molecular complexity index is 1580. The summed E-state index contributed by atoms with van der Waals surface area (Å²) >= 11 is -2.02. The zero-order valence-electron chi connectivity index (χ0n) is 23.5. The van der Waals surface area contributed by atoms with E-state index in [2.05, 4.69) is 24.7 Å². The van der Waals surface area contributed by atoms with Gasteiger partial charge in [0.25, 0.3) is 5.95 Å². The van der Waals surface area contributed by atoms with Gasteiger partial charge in [0.1, 0.15) is 28.9 Å². The smallest absolute Gasteiger partial charge is 0.458 e. The number of benzene rings is 2. The number of aromatic nitrogens is 4. The minimum absolute atomic E-state index is 0.000399. The molecule has 5 rings (SSSR count). The van der Waals surface area contributed by atoms with Gasteiger partial charge in [-0.15, -0.1) is 0 Å². The third kappa shape index (κ3) is 6.45. The van der Waals surface area contributed by atoms with Gasteiger partial charge in [0.15, 0.2) is 0 Å². The lowest BCUT2D eigenvalue weighted by Crippen LogP contribution is -2.35. The maximum atomic E-state index is 15.3. The molecular weight excluding hydrogens is 591 g/mol. The highest BCUT2D eigenvalue weighted by Gasteiger charge is 2.62. The monoisotopic (exact) mass is 620 g/mol. The minimum Gasteiger partial charge on any atom is -0.588 e. The van der Waals surface area contributed by atoms with E-state index >= 15 is 8.78 Å². The predicted molar refractivity (Wildman–Crippen MR) is 151 cm³/mol. The summed E-state index contributed by atoms with van der Waals surface area (Å²) in [5, 5.41) is 3.94. The van der Waals surface area contributed by atoms with E-state index < -0.39 is 46.5 Å². The molecular formula is C29H29F5N6O2S. The van der Waals surface area contributed by atoms with Gasteiger partial charge in [0.05, 0.1) is 11.9 Å². The highest BCUT2D eigenvalue weighted by molar-refractivity contribution is 7.92. The molecule has 3 heterocycles. The highest BCUT2D eigenvalue weighted by atomic mass is 32.2. The number of hydrogen-bond acceptors (Lipinski definition) is 7. The van der Waals surface area contributed by atoms with Crippen molar-refractivity contribution in [2.75, 3.05) is 18.3 Å². The zero-order chi connectivity index (χ0) is 30.9. The number of hydrogen-bond donors (Lipinski definition) is 1. The zero-order valence-corrected chi connectivity index (χ0v) is 24.3. The first-order valence-electron chi connectivity index (χ1n) is 13.4. The molecule has 4 aromatic rings. The molecule has 1 saturated heterocycles. The lowest BCUT2D eigenvalue weighted by atomic mass is 9.96. The van der Waals surface area contributed by atoms with Crippen molar-refractivity contribution in [3.63, 3.8) is 0 Å². The number of rotatable bonds is 8. The maximum Gasteiger partial charge on any atom is 0.458 e. The van der Waals surface area contributed by atoms with Crippen LogP contribution in [0.5, 0.6) is 11.6 Å². The van der Waals surface area contributed by atoms with Crippen molar-refractivity contribution in [1.29, 1.82) is 0 Å². The normalized spacial score (nSPS) is 17.1. The highest BCUT2D eigenvalue weighted by Crippen LogP contribution is 2.51. The fraction of sp³-hybridized carbons (Fsp3) is 0.345. The average Bonchev–Trinajstić information content (AvgIpc) is 3.39. The lowest BCUT2D eigenvalue weighted by molar-refractivity contribution is -0.289. The molecule has 0 aliphatic carbocycles. The molecule has 2 aromatic carbocycles. The van der Waals surface area contributed by atoms with Gasteiger partial charge in [-0.1, -0.05) is 42.8 Å². The van der Waals surface area contributed by atoms with Crippen LogP contribution in [0.3, 0.4) is 0 Å². The molecule has 0 saturated carbocycles. The Hall–Kier alpha value is -3.75. The van der Waals surface area contributed by atoms with Crippen molar-refractivity contribution in [2.24, 2.45) is 7.05 Å². The van der Waals surface area contributed by atoms with Crippen LogP contribution in [-0.2, 0) is 24.3 Å². The van der Waals surface area contributed by atoms with Crippen LogP contribution in [0, 0.1) is 6.92 Å². The Balaban J connectivity index is 1.63. The minimum atomic E-state index is -5.99. The third-order valence-electron chi connectivity index (χ3n) is 7.28. The SMILES string of the molecule is Cc1ccccc1-c1nc(N[S+]([O-])c2cnn(C)c2)nc(Oc2ccc(C3CCCCN3C)cc2)c1C(F)(F)C(F)(F)F. The molecule has 0 spiro atoms. The van der Waals surface area contributed by atoms with Crippen LogP contribution in [0.2, 0.25) is 0 Å². The summed E-state index contributed by atoms with van der Waals surface area (Å²) in [6, 6.07) is 12.7. The summed E-state index contributed by atoms with van der Waals surface area (Å²) < 4.78 is 95.0. The number of alkyl halides is 5. The average molecular weight is 621 g/mol. The lowest BCUT2D eigenvalue weighted by Gasteiger charge is -2.32. The van der Waals surface area contributed by atoms with Crippen molar-refractivity contribution in [1.82, 2.24) is 24.6 Å². The van der Waals surface area contributed by atoms with E-state index in [4.69, 9.17) is 4.74 Å². The largest absolute Gasteiger partial charge is 0.588 e. The number of aryl methyl sites for hydroxylation is 2. The van der Waals surface area contributed by atoms with E-state index in [1.54, 1.807) is 38.2 Å². The van der Waals surface area contributed by atoms with Gasteiger partial charge in [-0.05, 0) is 56.6 Å². The molecule has 1 fully saturated rings. The van der Waals surface area contributed by atoms with E-state index in [0.717, 1.165) is 31.4 Å². The van der Waals surface area contributed by atoms with Crippen LogP contribution in [0.4, 0.5) is 27.9 Å². The van der Waals surface area contributed by atoms with Crippen LogP contribution in [0.25, 0.3) is 11.3 Å². The fourth-order valence-electron chi connectivity index (χ4n) is 5.02. The number of likely N-dealkylation sites (tertiary alicyclic amines) is 1.